The molecule has 2 aromatic heterocycles. The Morgan fingerprint density at radius 2 is 1.72 bits per heavy atom. The molecule has 2 saturated heterocycles. The SMILES string of the molecule is O=C(O)COc1c(C(=O)O)sc(-c2cccc(NC3CCN(S(=O)(=O)Cc4cccc(NC(=O)CCn5cc(CNc6cccc7c6CN(C6CCC(=O)NC6=O)C7=O)cn5)c4)CC3)c2)c1Cl. The number of hydrogen-bond acceptors (Lipinski definition) is 13. The Hall–Kier alpha value is -6.81. The number of carbonyl (C=O) groups excluding carboxylic acids is 4. The number of rotatable bonds is 18. The lowest BCUT2D eigenvalue weighted by Crippen LogP contribution is -2.52. The van der Waals surface area contributed by atoms with E-state index in [4.69, 9.17) is 21.4 Å². The molecule has 6 N–H and O–H groups in total. The van der Waals surface area contributed by atoms with Crippen LogP contribution < -0.4 is 26.0 Å². The number of nitrogens with zero attached hydrogens (tertiary/aromatic N) is 4. The number of nitrogens with one attached hydrogen (secondary N) is 4. The molecule has 0 aliphatic carbocycles. The van der Waals surface area contributed by atoms with E-state index in [0.717, 1.165) is 28.2 Å². The van der Waals surface area contributed by atoms with Gasteiger partial charge in [-0.25, -0.2) is 22.3 Å². The van der Waals surface area contributed by atoms with Crippen LogP contribution in [0.2, 0.25) is 5.02 Å². The number of carboxylic acid groups (broad SMARTS) is 2. The van der Waals surface area contributed by atoms with Crippen LogP contribution in [0.25, 0.3) is 10.4 Å². The lowest BCUT2D eigenvalue weighted by Gasteiger charge is -2.32. The monoisotopic (exact) mass is 972 g/mol. The van der Waals surface area contributed by atoms with E-state index in [2.05, 4.69) is 26.4 Å². The van der Waals surface area contributed by atoms with Gasteiger partial charge in [0.2, 0.25) is 27.7 Å². The Balaban J connectivity index is 0.790. The van der Waals surface area contributed by atoms with Gasteiger partial charge in [-0.15, -0.1) is 11.3 Å². The number of aromatic carboxylic acids is 1. The zero-order valence-corrected chi connectivity index (χ0v) is 38.1. The Morgan fingerprint density at radius 1 is 0.955 bits per heavy atom. The van der Waals surface area contributed by atoms with Crippen molar-refractivity contribution in [3.05, 3.63) is 111 Å². The average molecular weight is 973 g/mol. The highest BCUT2D eigenvalue weighted by Gasteiger charge is 2.40. The zero-order valence-electron chi connectivity index (χ0n) is 35.7. The van der Waals surface area contributed by atoms with Gasteiger partial charge in [-0.1, -0.05) is 41.9 Å². The van der Waals surface area contributed by atoms with Crippen molar-refractivity contribution in [2.75, 3.05) is 35.6 Å². The van der Waals surface area contributed by atoms with Gasteiger partial charge >= 0.3 is 11.9 Å². The molecule has 1 unspecified atom stereocenters. The predicted molar refractivity (Wildman–Crippen MR) is 247 cm³/mol. The minimum absolute atomic E-state index is 0.00260. The van der Waals surface area contributed by atoms with Gasteiger partial charge in [0.05, 0.1) is 16.8 Å². The van der Waals surface area contributed by atoms with E-state index >= 15 is 0 Å². The summed E-state index contributed by atoms with van der Waals surface area (Å²) in [4.78, 5) is 74.9. The molecule has 19 nitrogen and oxygen atoms in total. The number of hydrogen-bond donors (Lipinski definition) is 6. The summed E-state index contributed by atoms with van der Waals surface area (Å²) >= 11 is 7.35. The topological polar surface area (TPSA) is 259 Å². The summed E-state index contributed by atoms with van der Waals surface area (Å²) in [7, 11) is -3.70. The largest absolute Gasteiger partial charge is 0.479 e. The molecule has 3 aromatic carbocycles. The van der Waals surface area contributed by atoms with Gasteiger partial charge in [0, 0.05) is 91.6 Å². The van der Waals surface area contributed by atoms with E-state index in [1.165, 1.54) is 9.21 Å². The smallest absolute Gasteiger partial charge is 0.349 e. The minimum Gasteiger partial charge on any atom is -0.479 e. The first-order valence-corrected chi connectivity index (χ1v) is 24.1. The van der Waals surface area contributed by atoms with E-state index in [1.807, 2.05) is 18.3 Å². The quantitative estimate of drug-likeness (QED) is 0.0615. The number of carbonyl (C=O) groups is 6. The molecular weight excluding hydrogens is 928 g/mol. The summed E-state index contributed by atoms with van der Waals surface area (Å²) in [6, 6.07) is 18.5. The number of aromatic nitrogens is 2. The summed E-state index contributed by atoms with van der Waals surface area (Å²) in [6.07, 6.45) is 5.09. The van der Waals surface area contributed by atoms with Crippen molar-refractivity contribution >= 4 is 85.6 Å². The van der Waals surface area contributed by atoms with E-state index in [1.54, 1.807) is 65.5 Å². The normalized spacial score (nSPS) is 16.6. The van der Waals surface area contributed by atoms with Crippen molar-refractivity contribution in [1.82, 2.24) is 24.3 Å². The molecule has 0 saturated carbocycles. The average Bonchev–Trinajstić information content (AvgIpc) is 3.99. The van der Waals surface area contributed by atoms with Gasteiger partial charge < -0.3 is 35.8 Å². The lowest BCUT2D eigenvalue weighted by atomic mass is 10.0. The fourth-order valence-corrected chi connectivity index (χ4v) is 11.3. The number of aryl methyl sites for hydroxylation is 1. The van der Waals surface area contributed by atoms with Gasteiger partial charge in [0.25, 0.3) is 5.91 Å². The highest BCUT2D eigenvalue weighted by atomic mass is 35.5. The summed E-state index contributed by atoms with van der Waals surface area (Å²) in [6.45, 7) is 0.728. The third kappa shape index (κ3) is 10.9. The van der Waals surface area contributed by atoms with Crippen molar-refractivity contribution in [3.8, 4) is 16.2 Å². The zero-order chi connectivity index (χ0) is 47.4. The number of aliphatic carboxylic acids is 1. The second-order valence-corrected chi connectivity index (χ2v) is 19.6. The molecule has 5 heterocycles. The van der Waals surface area contributed by atoms with Gasteiger partial charge in [-0.3, -0.25) is 29.2 Å². The number of ether oxygens (including phenoxy) is 1. The van der Waals surface area contributed by atoms with Crippen molar-refractivity contribution in [3.63, 3.8) is 0 Å². The van der Waals surface area contributed by atoms with Crippen LogP contribution in [0.15, 0.2) is 79.1 Å². The summed E-state index contributed by atoms with van der Waals surface area (Å²) in [5.74, 6) is -4.38. The molecule has 5 aromatic rings. The summed E-state index contributed by atoms with van der Waals surface area (Å²) in [5, 5.41) is 35.0. The van der Waals surface area contributed by atoms with Crippen LogP contribution in [0, 0.1) is 0 Å². The summed E-state index contributed by atoms with van der Waals surface area (Å²) < 4.78 is 35.4. The maximum atomic E-state index is 13.6. The first-order chi connectivity index (χ1) is 32.1. The highest BCUT2D eigenvalue weighted by molar-refractivity contribution is 7.88. The van der Waals surface area contributed by atoms with Gasteiger partial charge in [0.1, 0.15) is 11.1 Å². The van der Waals surface area contributed by atoms with E-state index < -0.39 is 40.5 Å². The fourth-order valence-electron chi connectivity index (χ4n) is 8.30. The molecule has 350 valence electrons. The third-order valence-corrected chi connectivity index (χ3v) is 15.1. The minimum atomic E-state index is -3.70. The maximum absolute atomic E-state index is 13.6. The second-order valence-electron chi connectivity index (χ2n) is 16.2. The van der Waals surface area contributed by atoms with Crippen LogP contribution in [-0.4, -0.2) is 105 Å². The second kappa shape index (κ2) is 20.0. The van der Waals surface area contributed by atoms with Gasteiger partial charge in [-0.05, 0) is 66.8 Å². The number of carboxylic acids is 2. The van der Waals surface area contributed by atoms with Gasteiger partial charge in [0.15, 0.2) is 17.2 Å². The molecule has 67 heavy (non-hydrogen) atoms. The van der Waals surface area contributed by atoms with E-state index in [9.17, 15) is 42.3 Å². The fraction of sp³-hybridized carbons (Fsp3) is 0.311. The predicted octanol–water partition coefficient (Wildman–Crippen LogP) is 5.23. The van der Waals surface area contributed by atoms with Crippen molar-refractivity contribution in [1.29, 1.82) is 0 Å². The number of sulfonamides is 1. The molecule has 22 heteroatoms. The summed E-state index contributed by atoms with van der Waals surface area (Å²) in [5.41, 5.74) is 5.15. The lowest BCUT2D eigenvalue weighted by molar-refractivity contribution is -0.139. The van der Waals surface area contributed by atoms with Crippen LogP contribution in [0.5, 0.6) is 5.75 Å². The first-order valence-electron chi connectivity index (χ1n) is 21.3. The van der Waals surface area contributed by atoms with Gasteiger partial charge in [-0.2, -0.15) is 5.10 Å². The number of piperidine rings is 2. The molecule has 4 amide bonds. The molecule has 0 bridgehead atoms. The van der Waals surface area contributed by atoms with Crippen molar-refractivity contribution in [2.24, 2.45) is 0 Å². The van der Waals surface area contributed by atoms with Crippen LogP contribution in [0.3, 0.4) is 0 Å². The molecule has 3 aliphatic rings. The Morgan fingerprint density at radius 3 is 2.48 bits per heavy atom. The number of benzene rings is 3. The van der Waals surface area contributed by atoms with Crippen molar-refractivity contribution < 1.29 is 52.1 Å². The first kappa shape index (κ1) is 46.7. The van der Waals surface area contributed by atoms with Crippen molar-refractivity contribution in [2.45, 2.75) is 69.6 Å². The molecule has 3 aliphatic heterocycles. The number of imide groups is 1. The number of thiophene rings is 1. The Labute approximate surface area is 393 Å². The standard InChI is InChI=1S/C45H45ClN8O11S2/c46-39-40(65-24-38(57)58)42(45(61)62)66-41(39)28-5-2-7-31(19-28)49-29-12-16-53(17-13-29)67(63,64)25-26-4-1-6-30(18-26)50-37(56)14-15-52-22-27(21-48-52)20-47-34-9-3-8-32-33(34)23-54(44(32)60)35-10-11-36(55)51-43(35)59/h1-9,18-19,21-22,29,35,47,49H,10-17,20,23-25H2,(H,50,56)(H,57,58)(H,61,62)(H,51,55,59). The molecule has 0 radical (unpaired) electrons. The number of amides is 4. The number of halogens is 1. The van der Waals surface area contributed by atoms with Crippen LogP contribution in [0.4, 0.5) is 17.1 Å². The Kier molecular flexibility index (Phi) is 13.9. The van der Waals surface area contributed by atoms with Crippen LogP contribution in [0.1, 0.15) is 68.8 Å². The molecule has 0 spiro atoms. The number of fused-ring (bicyclic) bond motifs is 1. The maximum Gasteiger partial charge on any atom is 0.349 e. The third-order valence-electron chi connectivity index (χ3n) is 11.6. The van der Waals surface area contributed by atoms with E-state index in [-0.39, 0.29) is 90.6 Å². The van der Waals surface area contributed by atoms with E-state index in [0.29, 0.717) is 52.3 Å². The molecule has 1 atom stereocenters. The Bertz CT molecular complexity index is 2880. The highest BCUT2D eigenvalue weighted by Crippen LogP contribution is 2.46. The molecule has 2 fully saturated rings. The molecular formula is C45H45ClN8O11S2. The molecule has 8 rings (SSSR count). The van der Waals surface area contributed by atoms with Crippen LogP contribution >= 0.6 is 22.9 Å². The number of anilines is 3. The van der Waals surface area contributed by atoms with Crippen LogP contribution in [-0.2, 0) is 54.6 Å².